The lowest BCUT2D eigenvalue weighted by Crippen LogP contribution is -2.56. The quantitative estimate of drug-likeness (QED) is 0.451. The van der Waals surface area contributed by atoms with Crippen molar-refractivity contribution in [2.24, 2.45) is 0 Å². The topological polar surface area (TPSA) is 55.9 Å². The fraction of sp³-hybridized carbons (Fsp3) is 0.400. The predicted molar refractivity (Wildman–Crippen MR) is 150 cm³/mol. The van der Waals surface area contributed by atoms with E-state index in [0.29, 0.717) is 32.6 Å². The highest BCUT2D eigenvalue weighted by Crippen LogP contribution is 2.38. The van der Waals surface area contributed by atoms with Crippen LogP contribution in [0.5, 0.6) is 0 Å². The van der Waals surface area contributed by atoms with Gasteiger partial charge in [0.05, 0.1) is 6.04 Å². The highest BCUT2D eigenvalue weighted by atomic mass is 32.1. The second-order valence-corrected chi connectivity index (χ2v) is 11.2. The fourth-order valence-corrected chi connectivity index (χ4v) is 6.48. The van der Waals surface area contributed by atoms with Crippen molar-refractivity contribution in [3.05, 3.63) is 87.4 Å². The molecule has 5 rings (SSSR count). The molecular weight excluding hydrogens is 499 g/mol. The molecule has 38 heavy (non-hydrogen) atoms. The fourth-order valence-electron chi connectivity index (χ4n) is 5.58. The van der Waals surface area contributed by atoms with Gasteiger partial charge in [-0.15, -0.1) is 11.3 Å². The monoisotopic (exact) mass is 534 g/mol. The molecule has 0 unspecified atom stereocenters. The first-order valence-corrected chi connectivity index (χ1v) is 14.3. The van der Waals surface area contributed by atoms with Crippen LogP contribution in [0, 0.1) is 5.82 Å². The van der Waals surface area contributed by atoms with Crippen LogP contribution < -0.4 is 5.32 Å². The average Bonchev–Trinajstić information content (AvgIpc) is 3.40. The Labute approximate surface area is 228 Å². The zero-order valence-electron chi connectivity index (χ0n) is 22.0. The van der Waals surface area contributed by atoms with Gasteiger partial charge in [-0.1, -0.05) is 31.2 Å². The Kier molecular flexibility index (Phi) is 8.09. The van der Waals surface area contributed by atoms with Crippen molar-refractivity contribution in [1.82, 2.24) is 14.7 Å². The average molecular weight is 535 g/mol. The van der Waals surface area contributed by atoms with Gasteiger partial charge < -0.3 is 15.1 Å². The van der Waals surface area contributed by atoms with Crippen molar-refractivity contribution in [3.8, 4) is 0 Å². The maximum atomic E-state index is 14.1. The Morgan fingerprint density at radius 3 is 2.63 bits per heavy atom. The lowest BCUT2D eigenvalue weighted by Gasteiger charge is -2.40. The maximum Gasteiger partial charge on any atom is 0.322 e. The zero-order valence-corrected chi connectivity index (χ0v) is 22.8. The van der Waals surface area contributed by atoms with Gasteiger partial charge in [0.25, 0.3) is 0 Å². The molecule has 1 aromatic heterocycles. The molecule has 0 radical (unpaired) electrons. The Balaban J connectivity index is 1.17. The zero-order chi connectivity index (χ0) is 26.6. The van der Waals surface area contributed by atoms with Gasteiger partial charge in [0.2, 0.25) is 5.91 Å². The van der Waals surface area contributed by atoms with Crippen LogP contribution >= 0.6 is 11.3 Å². The molecule has 2 atom stereocenters. The summed E-state index contributed by atoms with van der Waals surface area (Å²) in [6.07, 6.45) is 2.30. The Morgan fingerprint density at radius 2 is 1.89 bits per heavy atom. The number of thiophene rings is 1. The number of nitrogens with one attached hydrogen (secondary N) is 1. The van der Waals surface area contributed by atoms with Gasteiger partial charge >= 0.3 is 6.03 Å². The second-order valence-electron chi connectivity index (χ2n) is 10.2. The highest BCUT2D eigenvalue weighted by molar-refractivity contribution is 7.10. The van der Waals surface area contributed by atoms with Crippen molar-refractivity contribution in [2.75, 3.05) is 38.0 Å². The summed E-state index contributed by atoms with van der Waals surface area (Å²) in [6, 6.07) is 16.6. The van der Waals surface area contributed by atoms with Crippen LogP contribution in [0.4, 0.5) is 14.9 Å². The number of aryl methyl sites for hydroxylation is 1. The SMILES string of the molecule is CCc1ccc(NC(=O)N2CCN(C(=O)CCN3CCc4sccc4[C@@H]3c3cccc(F)c3)C[C@H]2C)cc1. The predicted octanol–water partition coefficient (Wildman–Crippen LogP) is 5.55. The highest BCUT2D eigenvalue weighted by Gasteiger charge is 2.32. The minimum Gasteiger partial charge on any atom is -0.339 e. The number of benzene rings is 2. The van der Waals surface area contributed by atoms with Gasteiger partial charge in [0.1, 0.15) is 5.82 Å². The summed E-state index contributed by atoms with van der Waals surface area (Å²) in [6.45, 7) is 7.08. The number of piperazine rings is 1. The van der Waals surface area contributed by atoms with Crippen LogP contribution in [-0.4, -0.2) is 65.4 Å². The molecule has 8 heteroatoms. The first-order chi connectivity index (χ1) is 18.4. The minimum absolute atomic E-state index is 0.0423. The van der Waals surface area contributed by atoms with Crippen LogP contribution in [0.3, 0.4) is 0 Å². The summed E-state index contributed by atoms with van der Waals surface area (Å²) in [7, 11) is 0. The third-order valence-electron chi connectivity index (χ3n) is 7.70. The first-order valence-electron chi connectivity index (χ1n) is 13.4. The largest absolute Gasteiger partial charge is 0.339 e. The molecule has 2 aliphatic heterocycles. The van der Waals surface area contributed by atoms with Gasteiger partial charge in [-0.3, -0.25) is 9.69 Å². The summed E-state index contributed by atoms with van der Waals surface area (Å²) in [5.41, 5.74) is 4.15. The van der Waals surface area contributed by atoms with Gasteiger partial charge in [-0.05, 0) is 72.2 Å². The first kappa shape index (κ1) is 26.4. The summed E-state index contributed by atoms with van der Waals surface area (Å²) in [4.78, 5) is 33.4. The van der Waals surface area contributed by atoms with Crippen molar-refractivity contribution in [2.45, 2.75) is 45.2 Å². The Hall–Kier alpha value is -3.23. The molecule has 3 amide bonds. The third kappa shape index (κ3) is 5.76. The van der Waals surface area contributed by atoms with E-state index in [2.05, 4.69) is 28.6 Å². The summed E-state index contributed by atoms with van der Waals surface area (Å²) >= 11 is 1.75. The number of hydrogen-bond donors (Lipinski definition) is 1. The van der Waals surface area contributed by atoms with Crippen LogP contribution in [-0.2, 0) is 17.6 Å². The molecule has 0 aliphatic carbocycles. The molecule has 0 saturated carbocycles. The molecule has 1 N–H and O–H groups in total. The normalized spacial score (nSPS) is 19.8. The summed E-state index contributed by atoms with van der Waals surface area (Å²) in [5.74, 6) is -0.143. The number of amides is 3. The van der Waals surface area contributed by atoms with Gasteiger partial charge in [-0.2, -0.15) is 0 Å². The molecule has 1 saturated heterocycles. The minimum atomic E-state index is -0.241. The lowest BCUT2D eigenvalue weighted by atomic mass is 9.93. The third-order valence-corrected chi connectivity index (χ3v) is 8.69. The standard InChI is InChI=1S/C30H35FN4O2S/c1-3-22-7-9-25(10-8-22)32-30(37)35-17-16-34(20-21(35)2)28(36)12-15-33-14-11-27-26(13-18-38-27)29(33)23-5-4-6-24(31)19-23/h4-10,13,18-19,21,29H,3,11-12,14-17,20H2,1-2H3,(H,32,37)/t21-,29+/m1/s1. The summed E-state index contributed by atoms with van der Waals surface area (Å²) in [5, 5.41) is 5.09. The number of nitrogens with zero attached hydrogens (tertiary/aromatic N) is 3. The molecule has 1 fully saturated rings. The summed E-state index contributed by atoms with van der Waals surface area (Å²) < 4.78 is 14.1. The number of hydrogen-bond acceptors (Lipinski definition) is 4. The second kappa shape index (κ2) is 11.7. The smallest absolute Gasteiger partial charge is 0.322 e. The number of rotatable bonds is 6. The molecule has 0 bridgehead atoms. The molecule has 200 valence electrons. The molecule has 3 aromatic rings. The number of urea groups is 1. The van der Waals surface area contributed by atoms with E-state index < -0.39 is 0 Å². The van der Waals surface area contributed by atoms with Crippen molar-refractivity contribution >= 4 is 29.0 Å². The van der Waals surface area contributed by atoms with E-state index >= 15 is 0 Å². The maximum absolute atomic E-state index is 14.1. The van der Waals surface area contributed by atoms with Crippen LogP contribution in [0.15, 0.2) is 60.0 Å². The van der Waals surface area contributed by atoms with E-state index in [0.717, 1.165) is 30.6 Å². The van der Waals surface area contributed by atoms with Crippen molar-refractivity contribution in [1.29, 1.82) is 0 Å². The molecule has 6 nitrogen and oxygen atoms in total. The molecule has 2 aromatic carbocycles. The van der Waals surface area contributed by atoms with Gasteiger partial charge in [0, 0.05) is 55.8 Å². The van der Waals surface area contributed by atoms with Crippen molar-refractivity contribution in [3.63, 3.8) is 0 Å². The number of fused-ring (bicyclic) bond motifs is 1. The van der Waals surface area contributed by atoms with Crippen LogP contribution in [0.1, 0.15) is 47.9 Å². The van der Waals surface area contributed by atoms with E-state index in [1.165, 1.54) is 22.1 Å². The van der Waals surface area contributed by atoms with E-state index in [4.69, 9.17) is 0 Å². The van der Waals surface area contributed by atoms with Crippen LogP contribution in [0.2, 0.25) is 0 Å². The number of carbonyl (C=O) groups excluding carboxylic acids is 2. The Bertz CT molecular complexity index is 1280. The molecule has 0 spiro atoms. The van der Waals surface area contributed by atoms with Gasteiger partial charge in [0.15, 0.2) is 0 Å². The Morgan fingerprint density at radius 1 is 1.08 bits per heavy atom. The molecule has 3 heterocycles. The van der Waals surface area contributed by atoms with Gasteiger partial charge in [-0.25, -0.2) is 9.18 Å². The lowest BCUT2D eigenvalue weighted by molar-refractivity contribution is -0.134. The van der Waals surface area contributed by atoms with E-state index in [-0.39, 0.29) is 29.8 Å². The molecule has 2 aliphatic rings. The number of carbonyl (C=O) groups is 2. The number of anilines is 1. The molecular formula is C30H35FN4O2S. The van der Waals surface area contributed by atoms with Crippen molar-refractivity contribution < 1.29 is 14.0 Å². The van der Waals surface area contributed by atoms with E-state index in [1.54, 1.807) is 28.4 Å². The number of halogens is 1. The van der Waals surface area contributed by atoms with E-state index in [9.17, 15) is 14.0 Å². The van der Waals surface area contributed by atoms with Crippen LogP contribution in [0.25, 0.3) is 0 Å². The van der Waals surface area contributed by atoms with E-state index in [1.807, 2.05) is 42.2 Å².